The first kappa shape index (κ1) is 11.9. The van der Waals surface area contributed by atoms with Gasteiger partial charge in [-0.3, -0.25) is 4.79 Å². The van der Waals surface area contributed by atoms with Crippen LogP contribution in [0.5, 0.6) is 0 Å². The number of nitrogens with zero attached hydrogens (tertiary/aromatic N) is 1. The minimum absolute atomic E-state index is 0.0559. The molecule has 0 aliphatic carbocycles. The summed E-state index contributed by atoms with van der Waals surface area (Å²) in [6, 6.07) is 1.82. The average molecular weight is 185 g/mol. The molecule has 1 amide bonds. The first-order valence-corrected chi connectivity index (χ1v) is 4.08. The second-order valence-electron chi connectivity index (χ2n) is 2.61. The summed E-state index contributed by atoms with van der Waals surface area (Å²) >= 11 is 0. The Kier molecular flexibility index (Phi) is 6.88. The average Bonchev–Trinajstić information content (AvgIpc) is 2.14. The van der Waals surface area contributed by atoms with E-state index in [-0.39, 0.29) is 25.1 Å². The number of amides is 1. The second-order valence-corrected chi connectivity index (χ2v) is 2.61. The largest absolute Gasteiger partial charge is 0.380 e. The predicted octanol–water partition coefficient (Wildman–Crippen LogP) is -0.749. The molecule has 74 valence electrons. The van der Waals surface area contributed by atoms with E-state index < -0.39 is 0 Å². The molecule has 2 N–H and O–H groups in total. The highest BCUT2D eigenvalue weighted by atomic mass is 16.5. The van der Waals surface area contributed by atoms with E-state index in [2.05, 4.69) is 10.6 Å². The van der Waals surface area contributed by atoms with Crippen molar-refractivity contribution in [3.05, 3.63) is 0 Å². The Bertz CT molecular complexity index is 188. The van der Waals surface area contributed by atoms with Crippen LogP contribution in [0.3, 0.4) is 0 Å². The zero-order valence-corrected chi connectivity index (χ0v) is 7.96. The minimum Gasteiger partial charge on any atom is -0.380 e. The van der Waals surface area contributed by atoms with Gasteiger partial charge in [0, 0.05) is 13.7 Å². The fourth-order valence-corrected chi connectivity index (χ4v) is 0.673. The highest BCUT2D eigenvalue weighted by Gasteiger charge is 2.01. The number of rotatable bonds is 6. The number of hydrogen-bond acceptors (Lipinski definition) is 4. The monoisotopic (exact) mass is 185 g/mol. The van der Waals surface area contributed by atoms with Gasteiger partial charge in [0.25, 0.3) is 0 Å². The van der Waals surface area contributed by atoms with Crippen LogP contribution >= 0.6 is 0 Å². The van der Waals surface area contributed by atoms with Gasteiger partial charge in [0.05, 0.1) is 18.7 Å². The molecular weight excluding hydrogens is 170 g/mol. The van der Waals surface area contributed by atoms with Crippen molar-refractivity contribution in [3.8, 4) is 6.07 Å². The van der Waals surface area contributed by atoms with Crippen molar-refractivity contribution >= 4 is 5.91 Å². The van der Waals surface area contributed by atoms with E-state index in [0.29, 0.717) is 6.54 Å². The number of nitriles is 1. The van der Waals surface area contributed by atoms with Gasteiger partial charge in [0.15, 0.2) is 0 Å². The predicted molar refractivity (Wildman–Crippen MR) is 48.0 cm³/mol. The third-order valence-corrected chi connectivity index (χ3v) is 1.48. The third kappa shape index (κ3) is 7.25. The van der Waals surface area contributed by atoms with Crippen LogP contribution in [0, 0.1) is 11.3 Å². The molecule has 0 aliphatic rings. The van der Waals surface area contributed by atoms with E-state index in [1.165, 1.54) is 0 Å². The lowest BCUT2D eigenvalue weighted by molar-refractivity contribution is -0.120. The first-order valence-electron chi connectivity index (χ1n) is 4.08. The van der Waals surface area contributed by atoms with Crippen molar-refractivity contribution in [1.29, 1.82) is 5.26 Å². The Morgan fingerprint density at radius 3 is 2.92 bits per heavy atom. The summed E-state index contributed by atoms with van der Waals surface area (Å²) in [5, 5.41) is 13.5. The Hall–Kier alpha value is -1.12. The number of carbonyl (C=O) groups is 1. The van der Waals surface area contributed by atoms with Crippen molar-refractivity contribution in [2.24, 2.45) is 0 Å². The molecule has 5 nitrogen and oxygen atoms in total. The van der Waals surface area contributed by atoms with Crippen molar-refractivity contribution in [2.45, 2.75) is 13.0 Å². The van der Waals surface area contributed by atoms with E-state index >= 15 is 0 Å². The quantitative estimate of drug-likeness (QED) is 0.534. The van der Waals surface area contributed by atoms with Gasteiger partial charge in [-0.2, -0.15) is 5.26 Å². The molecular formula is C8H15N3O2. The Balaban J connectivity index is 3.32. The Morgan fingerprint density at radius 1 is 1.69 bits per heavy atom. The van der Waals surface area contributed by atoms with Crippen molar-refractivity contribution < 1.29 is 9.53 Å². The molecule has 0 bridgehead atoms. The summed E-state index contributed by atoms with van der Waals surface area (Å²) < 4.78 is 4.97. The van der Waals surface area contributed by atoms with E-state index in [9.17, 15) is 4.79 Å². The molecule has 0 spiro atoms. The molecule has 0 heterocycles. The number of carbonyl (C=O) groups excluding carboxylic acids is 1. The molecule has 0 rings (SSSR count). The number of ether oxygens (including phenoxy) is 1. The molecule has 0 aromatic rings. The molecule has 0 saturated carbocycles. The van der Waals surface area contributed by atoms with Gasteiger partial charge in [-0.25, -0.2) is 0 Å². The van der Waals surface area contributed by atoms with E-state index in [1.54, 1.807) is 7.11 Å². The van der Waals surface area contributed by atoms with Gasteiger partial charge in [0.2, 0.25) is 5.91 Å². The summed E-state index contributed by atoms with van der Waals surface area (Å²) in [5.41, 5.74) is 0. The van der Waals surface area contributed by atoms with E-state index in [1.807, 2.05) is 13.0 Å². The summed E-state index contributed by atoms with van der Waals surface area (Å²) in [7, 11) is 1.61. The van der Waals surface area contributed by atoms with Crippen molar-refractivity contribution in [2.75, 3.05) is 26.7 Å². The molecule has 13 heavy (non-hydrogen) atoms. The molecule has 1 atom stereocenters. The molecule has 0 radical (unpaired) electrons. The van der Waals surface area contributed by atoms with Crippen LogP contribution in [0.15, 0.2) is 0 Å². The van der Waals surface area contributed by atoms with Crippen LogP contribution in [0.1, 0.15) is 6.92 Å². The normalized spacial score (nSPS) is 11.8. The number of hydrogen-bond donors (Lipinski definition) is 2. The molecule has 0 fully saturated rings. The Morgan fingerprint density at radius 2 is 2.38 bits per heavy atom. The summed E-state index contributed by atoms with van der Waals surface area (Å²) in [5.74, 6) is -0.176. The third-order valence-electron chi connectivity index (χ3n) is 1.48. The summed E-state index contributed by atoms with van der Waals surface area (Å²) in [6.45, 7) is 2.80. The van der Waals surface area contributed by atoms with Crippen LogP contribution in [0.25, 0.3) is 0 Å². The van der Waals surface area contributed by atoms with Crippen molar-refractivity contribution in [1.82, 2.24) is 10.6 Å². The van der Waals surface area contributed by atoms with Gasteiger partial charge in [-0.15, -0.1) is 0 Å². The van der Waals surface area contributed by atoms with Gasteiger partial charge in [-0.1, -0.05) is 0 Å². The minimum atomic E-state index is -0.176. The maximum atomic E-state index is 10.9. The fraction of sp³-hybridized carbons (Fsp3) is 0.750. The zero-order chi connectivity index (χ0) is 10.1. The van der Waals surface area contributed by atoms with Crippen LogP contribution < -0.4 is 10.6 Å². The SMILES string of the molecule is COC(C)CNCC(=O)NCC#N. The molecule has 0 aromatic heterocycles. The summed E-state index contributed by atoms with van der Waals surface area (Å²) in [6.07, 6.45) is 0.0868. The lowest BCUT2D eigenvalue weighted by Crippen LogP contribution is -2.37. The highest BCUT2D eigenvalue weighted by molar-refractivity contribution is 5.78. The highest BCUT2D eigenvalue weighted by Crippen LogP contribution is 1.82. The van der Waals surface area contributed by atoms with Gasteiger partial charge < -0.3 is 15.4 Å². The number of methoxy groups -OCH3 is 1. The van der Waals surface area contributed by atoms with Crippen molar-refractivity contribution in [3.63, 3.8) is 0 Å². The molecule has 0 aromatic carbocycles. The zero-order valence-electron chi connectivity index (χ0n) is 7.96. The molecule has 5 heteroatoms. The van der Waals surface area contributed by atoms with Gasteiger partial charge in [0.1, 0.15) is 6.54 Å². The lowest BCUT2D eigenvalue weighted by atomic mass is 10.4. The fourth-order valence-electron chi connectivity index (χ4n) is 0.673. The second kappa shape index (κ2) is 7.53. The topological polar surface area (TPSA) is 74.2 Å². The first-order chi connectivity index (χ1) is 6.20. The van der Waals surface area contributed by atoms with Gasteiger partial charge in [-0.05, 0) is 6.92 Å². The molecule has 1 unspecified atom stereocenters. The van der Waals surface area contributed by atoms with E-state index in [4.69, 9.17) is 10.00 Å². The number of nitrogens with one attached hydrogen (secondary N) is 2. The molecule has 0 aliphatic heterocycles. The van der Waals surface area contributed by atoms with Crippen LogP contribution in [-0.2, 0) is 9.53 Å². The van der Waals surface area contributed by atoms with Crippen LogP contribution in [0.4, 0.5) is 0 Å². The maximum Gasteiger partial charge on any atom is 0.234 e. The lowest BCUT2D eigenvalue weighted by Gasteiger charge is -2.09. The van der Waals surface area contributed by atoms with E-state index in [0.717, 1.165) is 0 Å². The van der Waals surface area contributed by atoms with Crippen LogP contribution in [-0.4, -0.2) is 38.8 Å². The maximum absolute atomic E-state index is 10.9. The Labute approximate surface area is 78.1 Å². The van der Waals surface area contributed by atoms with Gasteiger partial charge >= 0.3 is 0 Å². The summed E-state index contributed by atoms with van der Waals surface area (Å²) in [4.78, 5) is 10.9. The molecule has 0 saturated heterocycles. The standard InChI is InChI=1S/C8H15N3O2/c1-7(13-2)5-10-6-8(12)11-4-3-9/h7,10H,4-6H2,1-2H3,(H,11,12). The smallest absolute Gasteiger partial charge is 0.234 e. The van der Waals surface area contributed by atoms with Crippen LogP contribution in [0.2, 0.25) is 0 Å².